The fourth-order valence-corrected chi connectivity index (χ4v) is 2.47. The first kappa shape index (κ1) is 10.7. The number of hydrogen-bond donors (Lipinski definition) is 1. The second-order valence-corrected chi connectivity index (χ2v) is 5.18. The lowest BCUT2D eigenvalue weighted by Gasteiger charge is -2.33. The lowest BCUT2D eigenvalue weighted by molar-refractivity contribution is 0.209. The number of pyridine rings is 1. The SMILES string of the molecule is CC1CCC(N)(c2nc3ncccc3o2)CC1. The van der Waals surface area contributed by atoms with Crippen LogP contribution in [0.5, 0.6) is 0 Å². The van der Waals surface area contributed by atoms with Gasteiger partial charge in [0.15, 0.2) is 11.2 Å². The number of rotatable bonds is 1. The van der Waals surface area contributed by atoms with Gasteiger partial charge in [-0.2, -0.15) is 4.98 Å². The molecular formula is C13H17N3O. The summed E-state index contributed by atoms with van der Waals surface area (Å²) in [5.41, 5.74) is 7.41. The number of oxazole rings is 1. The van der Waals surface area contributed by atoms with Gasteiger partial charge in [-0.15, -0.1) is 0 Å². The zero-order valence-corrected chi connectivity index (χ0v) is 10.0. The van der Waals surface area contributed by atoms with Crippen LogP contribution >= 0.6 is 0 Å². The molecule has 0 saturated heterocycles. The summed E-state index contributed by atoms with van der Waals surface area (Å²) in [6.07, 6.45) is 5.90. The van der Waals surface area contributed by atoms with Crippen molar-refractivity contribution in [2.75, 3.05) is 0 Å². The second kappa shape index (κ2) is 3.81. The Morgan fingerprint density at radius 1 is 1.41 bits per heavy atom. The number of fused-ring (bicyclic) bond motifs is 1. The van der Waals surface area contributed by atoms with E-state index < -0.39 is 5.54 Å². The average molecular weight is 231 g/mol. The molecular weight excluding hydrogens is 214 g/mol. The van der Waals surface area contributed by atoms with Crippen molar-refractivity contribution in [3.8, 4) is 0 Å². The maximum atomic E-state index is 6.42. The first-order chi connectivity index (χ1) is 8.17. The molecule has 3 rings (SSSR count). The minimum absolute atomic E-state index is 0.396. The Morgan fingerprint density at radius 3 is 2.88 bits per heavy atom. The maximum Gasteiger partial charge on any atom is 0.217 e. The zero-order valence-electron chi connectivity index (χ0n) is 10.0. The molecule has 4 nitrogen and oxygen atoms in total. The van der Waals surface area contributed by atoms with Gasteiger partial charge in [-0.1, -0.05) is 6.92 Å². The van der Waals surface area contributed by atoms with E-state index in [9.17, 15) is 0 Å². The van der Waals surface area contributed by atoms with Gasteiger partial charge in [-0.3, -0.25) is 0 Å². The quantitative estimate of drug-likeness (QED) is 0.819. The lowest BCUT2D eigenvalue weighted by atomic mass is 9.78. The van der Waals surface area contributed by atoms with Gasteiger partial charge >= 0.3 is 0 Å². The molecule has 4 heteroatoms. The standard InChI is InChI=1S/C13H17N3O/c1-9-4-6-13(14,7-5-9)12-16-11-10(17-12)3-2-8-15-11/h2-3,8-9H,4-7,14H2,1H3. The molecule has 0 atom stereocenters. The molecule has 0 bridgehead atoms. The summed E-state index contributed by atoms with van der Waals surface area (Å²) in [6.45, 7) is 2.27. The Hall–Kier alpha value is -1.42. The van der Waals surface area contributed by atoms with Crippen molar-refractivity contribution >= 4 is 11.2 Å². The minimum Gasteiger partial charge on any atom is -0.437 e. The van der Waals surface area contributed by atoms with E-state index in [1.165, 1.54) is 0 Å². The fraction of sp³-hybridized carbons (Fsp3) is 0.538. The van der Waals surface area contributed by atoms with Gasteiger partial charge in [0.1, 0.15) is 0 Å². The third-order valence-electron chi connectivity index (χ3n) is 3.76. The smallest absolute Gasteiger partial charge is 0.217 e. The second-order valence-electron chi connectivity index (χ2n) is 5.18. The summed E-state index contributed by atoms with van der Waals surface area (Å²) in [6, 6.07) is 3.73. The van der Waals surface area contributed by atoms with Gasteiger partial charge in [0.05, 0.1) is 5.54 Å². The van der Waals surface area contributed by atoms with Crippen LogP contribution in [-0.4, -0.2) is 9.97 Å². The first-order valence-corrected chi connectivity index (χ1v) is 6.18. The minimum atomic E-state index is -0.396. The van der Waals surface area contributed by atoms with Crippen LogP contribution in [-0.2, 0) is 5.54 Å². The van der Waals surface area contributed by atoms with Gasteiger partial charge in [-0.25, -0.2) is 4.98 Å². The molecule has 2 N–H and O–H groups in total. The summed E-state index contributed by atoms with van der Waals surface area (Å²) in [5.74, 6) is 1.41. The van der Waals surface area contributed by atoms with Crippen LogP contribution in [0.15, 0.2) is 22.7 Å². The molecule has 0 amide bonds. The summed E-state index contributed by atoms with van der Waals surface area (Å²) < 4.78 is 5.75. The maximum absolute atomic E-state index is 6.42. The molecule has 1 fully saturated rings. The Labute approximate surface area is 100 Å². The number of aromatic nitrogens is 2. The molecule has 0 aliphatic heterocycles. The summed E-state index contributed by atoms with van der Waals surface area (Å²) >= 11 is 0. The average Bonchev–Trinajstić information content (AvgIpc) is 2.77. The monoisotopic (exact) mass is 231 g/mol. The molecule has 2 heterocycles. The third kappa shape index (κ3) is 1.82. The van der Waals surface area contributed by atoms with Crippen LogP contribution in [0.1, 0.15) is 38.5 Å². The van der Waals surface area contributed by atoms with Crippen molar-refractivity contribution in [1.82, 2.24) is 9.97 Å². The van der Waals surface area contributed by atoms with Crippen molar-refractivity contribution in [3.05, 3.63) is 24.2 Å². The van der Waals surface area contributed by atoms with Crippen molar-refractivity contribution < 1.29 is 4.42 Å². The van der Waals surface area contributed by atoms with E-state index in [0.717, 1.165) is 37.2 Å². The molecule has 1 aliphatic carbocycles. The zero-order chi connectivity index (χ0) is 11.9. The Morgan fingerprint density at radius 2 is 2.18 bits per heavy atom. The van der Waals surface area contributed by atoms with Gasteiger partial charge in [0.2, 0.25) is 5.89 Å². The van der Waals surface area contributed by atoms with Crippen LogP contribution in [0.4, 0.5) is 0 Å². The van der Waals surface area contributed by atoms with E-state index in [1.807, 2.05) is 12.1 Å². The molecule has 17 heavy (non-hydrogen) atoms. The number of nitrogens with zero attached hydrogens (tertiary/aromatic N) is 2. The third-order valence-corrected chi connectivity index (χ3v) is 3.76. The Balaban J connectivity index is 1.97. The molecule has 0 spiro atoms. The molecule has 2 aromatic rings. The highest BCUT2D eigenvalue weighted by Crippen LogP contribution is 2.37. The van der Waals surface area contributed by atoms with Gasteiger partial charge in [-0.05, 0) is 43.7 Å². The summed E-state index contributed by atoms with van der Waals surface area (Å²) in [5, 5.41) is 0. The normalized spacial score (nSPS) is 29.6. The van der Waals surface area contributed by atoms with Crippen LogP contribution < -0.4 is 5.73 Å². The highest BCUT2D eigenvalue weighted by molar-refractivity contribution is 5.67. The Bertz CT molecular complexity index is 493. The molecule has 2 aromatic heterocycles. The van der Waals surface area contributed by atoms with Crippen LogP contribution in [0.2, 0.25) is 0 Å². The van der Waals surface area contributed by atoms with Crippen molar-refractivity contribution in [2.24, 2.45) is 11.7 Å². The molecule has 1 aliphatic rings. The van der Waals surface area contributed by atoms with Gasteiger partial charge < -0.3 is 10.2 Å². The van der Waals surface area contributed by atoms with E-state index in [2.05, 4.69) is 16.9 Å². The molecule has 1 saturated carbocycles. The van der Waals surface area contributed by atoms with E-state index in [0.29, 0.717) is 11.5 Å². The first-order valence-electron chi connectivity index (χ1n) is 6.18. The van der Waals surface area contributed by atoms with E-state index >= 15 is 0 Å². The topological polar surface area (TPSA) is 64.9 Å². The molecule has 0 aromatic carbocycles. The van der Waals surface area contributed by atoms with Crippen LogP contribution in [0, 0.1) is 5.92 Å². The summed E-state index contributed by atoms with van der Waals surface area (Å²) in [7, 11) is 0. The molecule has 90 valence electrons. The Kier molecular flexibility index (Phi) is 2.40. The van der Waals surface area contributed by atoms with E-state index in [1.54, 1.807) is 6.20 Å². The van der Waals surface area contributed by atoms with E-state index in [4.69, 9.17) is 10.2 Å². The van der Waals surface area contributed by atoms with E-state index in [-0.39, 0.29) is 0 Å². The van der Waals surface area contributed by atoms with Gasteiger partial charge in [0.25, 0.3) is 0 Å². The highest BCUT2D eigenvalue weighted by atomic mass is 16.4. The molecule has 0 unspecified atom stereocenters. The highest BCUT2D eigenvalue weighted by Gasteiger charge is 2.36. The largest absolute Gasteiger partial charge is 0.437 e. The van der Waals surface area contributed by atoms with Gasteiger partial charge in [0, 0.05) is 6.20 Å². The van der Waals surface area contributed by atoms with Crippen molar-refractivity contribution in [2.45, 2.75) is 38.1 Å². The van der Waals surface area contributed by atoms with Crippen LogP contribution in [0.3, 0.4) is 0 Å². The fourth-order valence-electron chi connectivity index (χ4n) is 2.47. The summed E-state index contributed by atoms with van der Waals surface area (Å²) in [4.78, 5) is 8.61. The van der Waals surface area contributed by atoms with Crippen molar-refractivity contribution in [1.29, 1.82) is 0 Å². The number of hydrogen-bond acceptors (Lipinski definition) is 4. The van der Waals surface area contributed by atoms with Crippen LogP contribution in [0.25, 0.3) is 11.2 Å². The number of nitrogens with two attached hydrogens (primary N) is 1. The molecule has 0 radical (unpaired) electrons. The lowest BCUT2D eigenvalue weighted by Crippen LogP contribution is -2.40. The predicted octanol–water partition coefficient (Wildman–Crippen LogP) is 2.59. The predicted molar refractivity (Wildman–Crippen MR) is 65.3 cm³/mol. The van der Waals surface area contributed by atoms with Crippen molar-refractivity contribution in [3.63, 3.8) is 0 Å².